The molecule has 8 heteroatoms. The molecule has 0 aliphatic carbocycles. The second-order valence-corrected chi connectivity index (χ2v) is 28.7. The molecule has 0 spiro atoms. The Morgan fingerprint density at radius 2 is 0.700 bits per heavy atom. The number of imidazole rings is 4. The van der Waals surface area contributed by atoms with Gasteiger partial charge >= 0.3 is 0 Å². The monoisotopic (exact) mass is 1460 g/mol. The topological polar surface area (TPSA) is 35.2 Å². The minimum Gasteiger partial charge on any atom is -0.233 e. The quantitative estimate of drug-likeness (QED) is 0.116. The van der Waals surface area contributed by atoms with Crippen LogP contribution in [0.1, 0.15) is 103 Å². The summed E-state index contributed by atoms with van der Waals surface area (Å²) < 4.78 is 162. The van der Waals surface area contributed by atoms with Gasteiger partial charge in [0.2, 0.25) is 0 Å². The average Bonchev–Trinajstić information content (AvgIpc) is 1.37. The Bertz CT molecular complexity index is 6730. The minimum atomic E-state index is -2.56. The van der Waals surface area contributed by atoms with Crippen molar-refractivity contribution in [3.63, 3.8) is 0 Å². The van der Waals surface area contributed by atoms with Crippen LogP contribution in [0.3, 0.4) is 0 Å². The van der Waals surface area contributed by atoms with Gasteiger partial charge in [0.1, 0.15) is 48.6 Å². The molecule has 12 aromatic carbocycles. The van der Waals surface area contributed by atoms with Crippen LogP contribution in [0.4, 0.5) is 0 Å². The first-order valence-corrected chi connectivity index (χ1v) is 36.9. The van der Waals surface area contributed by atoms with Crippen molar-refractivity contribution in [2.24, 2.45) is 42.3 Å². The second-order valence-electron chi connectivity index (χ2n) is 28.7. The molecule has 0 radical (unpaired) electrons. The van der Waals surface area contributed by atoms with Crippen molar-refractivity contribution in [2.75, 3.05) is 0 Å². The average molecular weight is 1460 g/mol. The molecule has 8 nitrogen and oxygen atoms in total. The van der Waals surface area contributed by atoms with E-state index in [2.05, 4.69) is 111 Å². The molecule has 0 aliphatic rings. The maximum atomic E-state index is 8.29. The second kappa shape index (κ2) is 32.3. The molecule has 0 amide bonds. The Labute approximate surface area is 678 Å². The van der Waals surface area contributed by atoms with Crippen molar-refractivity contribution < 1.29 is 42.9 Å². The summed E-state index contributed by atoms with van der Waals surface area (Å²) in [5, 5.41) is 0. The molecule has 550 valence electrons. The number of nitrogens with zero attached hydrogens (tertiary/aromatic N) is 8. The van der Waals surface area contributed by atoms with E-state index in [1.807, 2.05) is 237 Å². The first-order valence-electron chi connectivity index (χ1n) is 45.9. The van der Waals surface area contributed by atoms with Crippen LogP contribution in [-0.4, -0.2) is 18.3 Å². The number of rotatable bonds is 11. The molecule has 16 aromatic rings. The van der Waals surface area contributed by atoms with Crippen LogP contribution >= 0.6 is 0 Å². The van der Waals surface area contributed by atoms with Crippen LogP contribution in [-0.2, 0) is 42.3 Å². The highest BCUT2D eigenvalue weighted by Gasteiger charge is 2.28. The van der Waals surface area contributed by atoms with Crippen LogP contribution in [0.2, 0.25) is 0 Å². The third-order valence-corrected chi connectivity index (χ3v) is 21.1. The molecule has 0 N–H and O–H groups in total. The highest BCUT2D eigenvalue weighted by Crippen LogP contribution is 2.40. The molecular weight excluding hydrogens is 1340 g/mol. The first kappa shape index (κ1) is 56.1. The number of hydrogen-bond donors (Lipinski definition) is 0. The van der Waals surface area contributed by atoms with Gasteiger partial charge in [-0.3, -0.25) is 0 Å². The number of aromatic nitrogens is 8. The van der Waals surface area contributed by atoms with E-state index in [-0.39, 0.29) is 22.4 Å². The van der Waals surface area contributed by atoms with Crippen LogP contribution in [0.5, 0.6) is 0 Å². The Morgan fingerprint density at radius 3 is 1.23 bits per heavy atom. The van der Waals surface area contributed by atoms with E-state index in [1.54, 1.807) is 53.7 Å². The number of fused-ring (bicyclic) bond motifs is 1. The van der Waals surface area contributed by atoms with Gasteiger partial charge in [0.05, 0.1) is 64.5 Å². The lowest BCUT2D eigenvalue weighted by Crippen LogP contribution is -2.30. The predicted molar refractivity (Wildman–Crippen MR) is 460 cm³/mol. The van der Waals surface area contributed by atoms with Crippen molar-refractivity contribution in [1.29, 1.82) is 0 Å². The number of benzene rings is 12. The zero-order chi connectivity index (χ0) is 92.9. The highest BCUT2D eigenvalue weighted by atomic mass is 15.2. The van der Waals surface area contributed by atoms with Gasteiger partial charge in [-0.1, -0.05) is 211 Å². The van der Waals surface area contributed by atoms with E-state index >= 15 is 0 Å². The van der Waals surface area contributed by atoms with Gasteiger partial charge < -0.3 is 0 Å². The van der Waals surface area contributed by atoms with Gasteiger partial charge in [-0.05, 0) is 262 Å². The first-order chi connectivity index (χ1) is 60.2. The fourth-order valence-corrected chi connectivity index (χ4v) is 15.5. The zero-order valence-electron chi connectivity index (χ0n) is 83.1. The molecule has 4 aromatic heterocycles. The van der Waals surface area contributed by atoms with Gasteiger partial charge in [-0.2, -0.15) is 9.13 Å². The zero-order valence-corrected chi connectivity index (χ0v) is 65.1. The third-order valence-electron chi connectivity index (χ3n) is 21.1. The van der Waals surface area contributed by atoms with Gasteiger partial charge in [0.25, 0.3) is 23.3 Å². The molecule has 0 saturated carbocycles. The maximum Gasteiger partial charge on any atom is 0.294 e. The Kier molecular flexibility index (Phi) is 16.5. The molecule has 0 saturated heterocycles. The minimum absolute atomic E-state index is 0.0527. The van der Waals surface area contributed by atoms with Crippen LogP contribution in [0.15, 0.2) is 280 Å². The largest absolute Gasteiger partial charge is 0.294 e. The van der Waals surface area contributed by atoms with Crippen LogP contribution < -0.4 is 18.3 Å². The molecule has 110 heavy (non-hydrogen) atoms. The molecule has 0 fully saturated rings. The maximum absolute atomic E-state index is 8.29. The lowest BCUT2D eigenvalue weighted by Gasteiger charge is -2.15. The smallest absolute Gasteiger partial charge is 0.233 e. The van der Waals surface area contributed by atoms with Gasteiger partial charge in [-0.25, -0.2) is 27.4 Å². The summed E-state index contributed by atoms with van der Waals surface area (Å²) in [6, 6.07) is 77.7. The van der Waals surface area contributed by atoms with E-state index < -0.39 is 41.1 Å². The predicted octanol–water partition coefficient (Wildman–Crippen LogP) is 22.8. The highest BCUT2D eigenvalue weighted by molar-refractivity contribution is 5.84. The third kappa shape index (κ3) is 15.1. The Hall–Kier alpha value is -12.3. The van der Waals surface area contributed by atoms with E-state index in [0.717, 1.165) is 140 Å². The van der Waals surface area contributed by atoms with E-state index in [0.29, 0.717) is 39.2 Å². The normalized spacial score (nSPS) is 14.2. The number of para-hydroxylation sites is 3. The van der Waals surface area contributed by atoms with E-state index in [9.17, 15) is 0 Å². The molecule has 0 bridgehead atoms. The Morgan fingerprint density at radius 1 is 0.291 bits per heavy atom. The molecule has 16 rings (SSSR count). The van der Waals surface area contributed by atoms with Crippen LogP contribution in [0, 0.1) is 96.5 Å². The van der Waals surface area contributed by atoms with E-state index in [1.165, 1.54) is 12.1 Å². The summed E-state index contributed by atoms with van der Waals surface area (Å²) in [4.78, 5) is 0. The summed E-state index contributed by atoms with van der Waals surface area (Å²) in [5.74, 6) is 3.78. The Balaban J connectivity index is 0.000000148. The number of aryl methyl sites for hydroxylation is 16. The molecule has 0 unspecified atom stereocenters. The molecular formula is C102H106N8+4. The van der Waals surface area contributed by atoms with Crippen molar-refractivity contribution in [2.45, 2.75) is 96.5 Å². The summed E-state index contributed by atoms with van der Waals surface area (Å²) in [6.45, 7) is 1.55. The van der Waals surface area contributed by atoms with E-state index in [4.69, 9.17) is 24.7 Å². The van der Waals surface area contributed by atoms with Gasteiger partial charge in [-0.15, -0.1) is 0 Å². The lowest BCUT2D eigenvalue weighted by atomic mass is 9.90. The summed E-state index contributed by atoms with van der Waals surface area (Å²) >= 11 is 0. The molecule has 4 heterocycles. The van der Waals surface area contributed by atoms with Crippen molar-refractivity contribution in [3.8, 4) is 113 Å². The van der Waals surface area contributed by atoms with Gasteiger partial charge in [0, 0.05) is 24.7 Å². The lowest BCUT2D eigenvalue weighted by molar-refractivity contribution is -0.659. The standard InChI is InChI=1S/C30H27N2.C28H31N2.C24H25N2.C20H23N2/c1-22-21-25(24-11-6-4-7-12-24)17-18-27(22)28-15-10-16-29(23(28)2)30-31(3)19-20-32(30)26-13-8-5-9-14-26;1-18-11-12-24(20(3)15-18)25-9-8-10-26(23(25)6)28-29(7)13-14-30(28)27-21(4)16-19(2)17-22(27)5;1-16-10-8-11-17(2)23(16)19-12-9-13-20(18(19)3)24-25(4)21-14-6-7-15-22(21)26(24)5;1-14-9-10-17(15(2)13-14)18-7-6-8-19(16(18)3)20-21(4)11-12-22(20)5/h4-21H,1-3H3;8-17H,1-7H3;6-15H,1-5H3;6-13H,1-5H3/q4*+1/i1D3;3D3,4D3,5D3;1D3;2D3. The fraction of sp³-hybridized carbons (Fsp3) is 0.196. The van der Waals surface area contributed by atoms with Crippen molar-refractivity contribution >= 4 is 11.0 Å². The van der Waals surface area contributed by atoms with Gasteiger partial charge in [0.15, 0.2) is 11.0 Å². The molecule has 0 atom stereocenters. The summed E-state index contributed by atoms with van der Waals surface area (Å²) in [7, 11) is 12.0. The van der Waals surface area contributed by atoms with Crippen molar-refractivity contribution in [1.82, 2.24) is 18.3 Å². The molecule has 0 aliphatic heterocycles. The fourth-order valence-electron chi connectivity index (χ4n) is 15.5. The number of hydrogen-bond acceptors (Lipinski definition) is 0. The SMILES string of the molecule is [2H]C([2H])([2H])c1cc(-c2ccccc2)ccc1-c1cccc(-c2n(-c3ccccc3)cc[n+]2C)c1C.[2H]C([2H])([2H])c1cc(C)ccc1-c1cccc(-c2n(-c3c(C([2H])([2H])[2H])cc(C)cc3C([2H])([2H])[2H])cc[n+]2C)c1C.[2H]C([2H])([2H])c1cc(C)ccc1-c1cccc(-c2n(C)cc[n+]2C)c1C.[2H]C([2H])([2H])c1cccc(C)c1-c1cccc(-c2n(C)c3ccccc3[n+]2C)c1C. The summed E-state index contributed by atoms with van der Waals surface area (Å²) in [6.07, 6.45) is 11.5. The van der Waals surface area contributed by atoms with Crippen LogP contribution in [0.25, 0.3) is 124 Å². The van der Waals surface area contributed by atoms with Crippen molar-refractivity contribution in [3.05, 3.63) is 358 Å². The summed E-state index contributed by atoms with van der Waals surface area (Å²) in [5.41, 5.74) is 24.5.